The van der Waals surface area contributed by atoms with Crippen LogP contribution in [0.3, 0.4) is 0 Å². The van der Waals surface area contributed by atoms with Gasteiger partial charge in [-0.3, -0.25) is 0 Å². The summed E-state index contributed by atoms with van der Waals surface area (Å²) in [6.45, 7) is 4.08. The highest BCUT2D eigenvalue weighted by molar-refractivity contribution is 7.99. The van der Waals surface area contributed by atoms with Crippen LogP contribution in [0.1, 0.15) is 25.5 Å². The first-order valence-electron chi connectivity index (χ1n) is 7.31. The van der Waals surface area contributed by atoms with Crippen molar-refractivity contribution in [3.63, 3.8) is 0 Å². The van der Waals surface area contributed by atoms with Crippen molar-refractivity contribution in [1.82, 2.24) is 10.6 Å². The number of carbonyl (C=O) groups is 2. The molecule has 0 aliphatic carbocycles. The van der Waals surface area contributed by atoms with Gasteiger partial charge in [-0.1, -0.05) is 30.7 Å². The Labute approximate surface area is 144 Å². The van der Waals surface area contributed by atoms with Crippen LogP contribution in [0.2, 0.25) is 5.02 Å². The fourth-order valence-corrected chi connectivity index (χ4v) is 3.00. The van der Waals surface area contributed by atoms with Gasteiger partial charge in [0.05, 0.1) is 11.6 Å². The normalized spacial score (nSPS) is 17.5. The van der Waals surface area contributed by atoms with Crippen LogP contribution in [0.5, 0.6) is 0 Å². The van der Waals surface area contributed by atoms with E-state index in [-0.39, 0.29) is 6.03 Å². The van der Waals surface area contributed by atoms with Gasteiger partial charge in [-0.05, 0) is 30.4 Å². The number of allylic oxidation sites excluding steroid dienone is 1. The number of amides is 2. The number of esters is 1. The predicted octanol–water partition coefficient (Wildman–Crippen LogP) is 3.26. The zero-order valence-corrected chi connectivity index (χ0v) is 14.6. The maximum absolute atomic E-state index is 12.4. The molecule has 7 heteroatoms. The van der Waals surface area contributed by atoms with Crippen molar-refractivity contribution >= 4 is 35.4 Å². The topological polar surface area (TPSA) is 67.4 Å². The molecule has 0 saturated carbocycles. The van der Waals surface area contributed by atoms with E-state index >= 15 is 0 Å². The number of nitrogens with one attached hydrogen (secondary N) is 2. The van der Waals surface area contributed by atoms with E-state index in [2.05, 4.69) is 17.6 Å². The standard InChI is InChI=1S/C16H19ClN2O3S/c1-3-23-8-7-22-15(20)13-10(2)18-16(21)19-14(13)11-5-4-6-12(17)9-11/h4-6,9,14H,3,7-8H2,1-2H3,(H2,18,19,21)/t14-/m1/s1. The minimum absolute atomic E-state index is 0.338. The lowest BCUT2D eigenvalue weighted by atomic mass is 9.96. The first-order valence-corrected chi connectivity index (χ1v) is 8.84. The number of rotatable bonds is 6. The zero-order valence-electron chi connectivity index (χ0n) is 13.0. The summed E-state index contributed by atoms with van der Waals surface area (Å²) in [5.74, 6) is 1.29. The fraction of sp³-hybridized carbons (Fsp3) is 0.375. The number of halogens is 1. The van der Waals surface area contributed by atoms with E-state index in [1.165, 1.54) is 0 Å². The van der Waals surface area contributed by atoms with E-state index in [4.69, 9.17) is 16.3 Å². The molecule has 0 aromatic heterocycles. The Morgan fingerprint density at radius 1 is 1.43 bits per heavy atom. The maximum Gasteiger partial charge on any atom is 0.338 e. The van der Waals surface area contributed by atoms with Crippen molar-refractivity contribution < 1.29 is 14.3 Å². The number of benzene rings is 1. The second kappa shape index (κ2) is 8.26. The van der Waals surface area contributed by atoms with E-state index in [1.54, 1.807) is 36.9 Å². The summed E-state index contributed by atoms with van der Waals surface area (Å²) in [5.41, 5.74) is 1.63. The molecule has 0 bridgehead atoms. The molecule has 2 N–H and O–H groups in total. The Bertz CT molecular complexity index is 634. The van der Waals surface area contributed by atoms with Crippen LogP contribution in [-0.4, -0.2) is 30.1 Å². The average molecular weight is 355 g/mol. The van der Waals surface area contributed by atoms with Gasteiger partial charge in [0.1, 0.15) is 6.61 Å². The Morgan fingerprint density at radius 2 is 2.22 bits per heavy atom. The Morgan fingerprint density at radius 3 is 2.91 bits per heavy atom. The van der Waals surface area contributed by atoms with Crippen LogP contribution >= 0.6 is 23.4 Å². The van der Waals surface area contributed by atoms with Gasteiger partial charge in [-0.2, -0.15) is 11.8 Å². The van der Waals surface area contributed by atoms with Gasteiger partial charge in [0.2, 0.25) is 0 Å². The van der Waals surface area contributed by atoms with Crippen molar-refractivity contribution in [3.05, 3.63) is 46.1 Å². The van der Waals surface area contributed by atoms with Gasteiger partial charge < -0.3 is 15.4 Å². The Balaban J connectivity index is 2.22. The van der Waals surface area contributed by atoms with Crippen LogP contribution in [0.4, 0.5) is 4.79 Å². The Hall–Kier alpha value is -1.66. The fourth-order valence-electron chi connectivity index (χ4n) is 2.32. The van der Waals surface area contributed by atoms with Gasteiger partial charge in [-0.15, -0.1) is 0 Å². The third kappa shape index (κ3) is 4.65. The van der Waals surface area contributed by atoms with E-state index in [0.29, 0.717) is 22.9 Å². The molecule has 23 heavy (non-hydrogen) atoms. The molecule has 1 heterocycles. The molecular weight excluding hydrogens is 336 g/mol. The molecule has 0 radical (unpaired) electrons. The van der Waals surface area contributed by atoms with Crippen LogP contribution in [0.15, 0.2) is 35.5 Å². The molecule has 0 saturated heterocycles. The SMILES string of the molecule is CCSCCOC(=O)C1=C(C)NC(=O)N[C@@H]1c1cccc(Cl)c1. The monoisotopic (exact) mass is 354 g/mol. The molecule has 2 rings (SSSR count). The minimum Gasteiger partial charge on any atom is -0.461 e. The summed E-state index contributed by atoms with van der Waals surface area (Å²) >= 11 is 7.72. The molecule has 1 aromatic rings. The lowest BCUT2D eigenvalue weighted by Crippen LogP contribution is -2.45. The summed E-state index contributed by atoms with van der Waals surface area (Å²) in [4.78, 5) is 24.2. The van der Waals surface area contributed by atoms with E-state index < -0.39 is 12.0 Å². The summed E-state index contributed by atoms with van der Waals surface area (Å²) in [6.07, 6.45) is 0. The second-order valence-electron chi connectivity index (χ2n) is 4.96. The van der Waals surface area contributed by atoms with Crippen molar-refractivity contribution in [2.45, 2.75) is 19.9 Å². The van der Waals surface area contributed by atoms with Gasteiger partial charge in [0.15, 0.2) is 0 Å². The molecular formula is C16H19ClN2O3S. The van der Waals surface area contributed by atoms with Crippen LogP contribution in [0, 0.1) is 0 Å². The first kappa shape index (κ1) is 17.7. The number of hydrogen-bond acceptors (Lipinski definition) is 4. The molecule has 2 amide bonds. The quantitative estimate of drug-likeness (QED) is 0.607. The third-order valence-corrected chi connectivity index (χ3v) is 4.43. The molecule has 0 fully saturated rings. The van der Waals surface area contributed by atoms with E-state index in [1.807, 2.05) is 6.07 Å². The lowest BCUT2D eigenvalue weighted by Gasteiger charge is -2.28. The molecule has 1 aliphatic heterocycles. The molecule has 124 valence electrons. The summed E-state index contributed by atoms with van der Waals surface area (Å²) in [5, 5.41) is 5.91. The van der Waals surface area contributed by atoms with Gasteiger partial charge in [-0.25, -0.2) is 9.59 Å². The third-order valence-electron chi connectivity index (χ3n) is 3.34. The molecule has 0 spiro atoms. The molecule has 0 unspecified atom stereocenters. The lowest BCUT2D eigenvalue weighted by molar-refractivity contribution is -0.138. The smallest absolute Gasteiger partial charge is 0.338 e. The summed E-state index contributed by atoms with van der Waals surface area (Å²) in [7, 11) is 0. The maximum atomic E-state index is 12.4. The van der Waals surface area contributed by atoms with Crippen molar-refractivity contribution in [2.24, 2.45) is 0 Å². The summed E-state index contributed by atoms with van der Waals surface area (Å²) in [6, 6.07) is 6.13. The molecule has 1 aromatic carbocycles. The first-order chi connectivity index (χ1) is 11.0. The summed E-state index contributed by atoms with van der Waals surface area (Å²) < 4.78 is 5.33. The molecule has 5 nitrogen and oxygen atoms in total. The molecule has 1 aliphatic rings. The Kier molecular flexibility index (Phi) is 6.36. The highest BCUT2D eigenvalue weighted by atomic mass is 35.5. The highest BCUT2D eigenvalue weighted by Gasteiger charge is 2.32. The van der Waals surface area contributed by atoms with E-state index in [9.17, 15) is 9.59 Å². The second-order valence-corrected chi connectivity index (χ2v) is 6.79. The van der Waals surface area contributed by atoms with E-state index in [0.717, 1.165) is 17.1 Å². The van der Waals surface area contributed by atoms with Crippen molar-refractivity contribution in [1.29, 1.82) is 0 Å². The van der Waals surface area contributed by atoms with Crippen molar-refractivity contribution in [2.75, 3.05) is 18.1 Å². The minimum atomic E-state index is -0.575. The number of hydrogen-bond donors (Lipinski definition) is 2. The van der Waals surface area contributed by atoms with Gasteiger partial charge >= 0.3 is 12.0 Å². The largest absolute Gasteiger partial charge is 0.461 e. The zero-order chi connectivity index (χ0) is 16.8. The highest BCUT2D eigenvalue weighted by Crippen LogP contribution is 2.29. The van der Waals surface area contributed by atoms with Crippen LogP contribution in [0.25, 0.3) is 0 Å². The van der Waals surface area contributed by atoms with Gasteiger partial charge in [0.25, 0.3) is 0 Å². The van der Waals surface area contributed by atoms with Crippen molar-refractivity contribution in [3.8, 4) is 0 Å². The predicted molar refractivity (Wildman–Crippen MR) is 92.5 cm³/mol. The average Bonchev–Trinajstić information content (AvgIpc) is 2.50. The molecule has 1 atom stereocenters. The number of urea groups is 1. The van der Waals surface area contributed by atoms with Crippen LogP contribution in [-0.2, 0) is 9.53 Å². The number of carbonyl (C=O) groups excluding carboxylic acids is 2. The van der Waals surface area contributed by atoms with Gasteiger partial charge in [0, 0.05) is 16.5 Å². The number of ether oxygens (including phenoxy) is 1. The number of thioether (sulfide) groups is 1. The van der Waals surface area contributed by atoms with Crippen LogP contribution < -0.4 is 10.6 Å².